The first-order valence-electron chi connectivity index (χ1n) is 12.7. The lowest BCUT2D eigenvalue weighted by molar-refractivity contribution is -0.143. The van der Waals surface area contributed by atoms with E-state index in [-0.39, 0.29) is 31.0 Å². The van der Waals surface area contributed by atoms with Crippen LogP contribution in [0.4, 0.5) is 0 Å². The molecule has 3 aromatic rings. The van der Waals surface area contributed by atoms with Crippen molar-refractivity contribution >= 4 is 35.0 Å². The van der Waals surface area contributed by atoms with Crippen LogP contribution >= 0.6 is 23.2 Å². The topological polar surface area (TPSA) is 58.6 Å². The molecule has 194 valence electrons. The maximum atomic E-state index is 13.7. The van der Waals surface area contributed by atoms with Gasteiger partial charge in [-0.3, -0.25) is 9.59 Å². The van der Waals surface area contributed by atoms with Gasteiger partial charge in [0.15, 0.2) is 6.61 Å². The lowest BCUT2D eigenvalue weighted by Crippen LogP contribution is -2.53. The second-order valence-electron chi connectivity index (χ2n) is 9.54. The molecule has 0 saturated heterocycles. The standard InChI is InChI=1S/C30H32Cl2N2O3/c1-21-17-26(15-16-27(21)32)37-20-29(35)34(19-23-11-13-24(31)14-12-23)28(18-22-7-3-2-4-8-22)30(36)33-25-9-5-6-10-25/h2-4,7-8,11-17,25,28H,5-6,9-10,18-20H2,1H3,(H,33,36). The van der Waals surface area contributed by atoms with Crippen LogP contribution in [0.15, 0.2) is 72.8 Å². The van der Waals surface area contributed by atoms with Gasteiger partial charge in [-0.25, -0.2) is 0 Å². The van der Waals surface area contributed by atoms with Gasteiger partial charge >= 0.3 is 0 Å². The van der Waals surface area contributed by atoms with Crippen molar-refractivity contribution in [3.63, 3.8) is 0 Å². The quantitative estimate of drug-likeness (QED) is 0.325. The average Bonchev–Trinajstić information content (AvgIpc) is 3.41. The molecule has 0 bridgehead atoms. The first kappa shape index (κ1) is 27.0. The lowest BCUT2D eigenvalue weighted by Gasteiger charge is -2.32. The summed E-state index contributed by atoms with van der Waals surface area (Å²) in [6.45, 7) is 1.94. The maximum absolute atomic E-state index is 13.7. The molecule has 3 aromatic carbocycles. The zero-order valence-electron chi connectivity index (χ0n) is 21.0. The molecule has 0 aliphatic heterocycles. The Labute approximate surface area is 228 Å². The SMILES string of the molecule is Cc1cc(OCC(=O)N(Cc2ccc(Cl)cc2)C(Cc2ccccc2)C(=O)NC2CCCC2)ccc1Cl. The monoisotopic (exact) mass is 538 g/mol. The highest BCUT2D eigenvalue weighted by molar-refractivity contribution is 6.31. The largest absolute Gasteiger partial charge is 0.484 e. The Morgan fingerprint density at radius 2 is 1.68 bits per heavy atom. The maximum Gasteiger partial charge on any atom is 0.261 e. The number of hydrogen-bond acceptors (Lipinski definition) is 3. The Bertz CT molecular complexity index is 1200. The fourth-order valence-electron chi connectivity index (χ4n) is 4.64. The second-order valence-corrected chi connectivity index (χ2v) is 10.4. The summed E-state index contributed by atoms with van der Waals surface area (Å²) in [4.78, 5) is 29.0. The number of amides is 2. The first-order chi connectivity index (χ1) is 17.9. The van der Waals surface area contributed by atoms with Crippen molar-refractivity contribution in [2.24, 2.45) is 0 Å². The third-order valence-corrected chi connectivity index (χ3v) is 7.41. The zero-order valence-corrected chi connectivity index (χ0v) is 22.5. The van der Waals surface area contributed by atoms with E-state index < -0.39 is 6.04 Å². The molecular formula is C30H32Cl2N2O3. The van der Waals surface area contributed by atoms with Crippen molar-refractivity contribution in [2.75, 3.05) is 6.61 Å². The second kappa shape index (κ2) is 13.0. The van der Waals surface area contributed by atoms with Crippen molar-refractivity contribution in [3.8, 4) is 5.75 Å². The van der Waals surface area contributed by atoms with Gasteiger partial charge in [0.05, 0.1) is 0 Å². The molecule has 4 rings (SSSR count). The van der Waals surface area contributed by atoms with Gasteiger partial charge in [-0.2, -0.15) is 0 Å². The van der Waals surface area contributed by atoms with Crippen LogP contribution in [0, 0.1) is 6.92 Å². The molecule has 1 N–H and O–H groups in total. The number of carbonyl (C=O) groups is 2. The summed E-state index contributed by atoms with van der Waals surface area (Å²) in [5.41, 5.74) is 2.73. The number of hydrogen-bond donors (Lipinski definition) is 1. The highest BCUT2D eigenvalue weighted by atomic mass is 35.5. The Morgan fingerprint density at radius 1 is 0.973 bits per heavy atom. The summed E-state index contributed by atoms with van der Waals surface area (Å²) in [6.07, 6.45) is 4.55. The molecule has 5 nitrogen and oxygen atoms in total. The van der Waals surface area contributed by atoms with Crippen LogP contribution in [0.1, 0.15) is 42.4 Å². The Balaban J connectivity index is 1.60. The smallest absolute Gasteiger partial charge is 0.261 e. The Hall–Kier alpha value is -3.02. The van der Waals surface area contributed by atoms with Crippen LogP contribution in [-0.4, -0.2) is 35.4 Å². The number of halogens is 2. The van der Waals surface area contributed by atoms with Crippen LogP contribution in [0.2, 0.25) is 10.0 Å². The van der Waals surface area contributed by atoms with E-state index in [0.717, 1.165) is 42.4 Å². The molecule has 2 amide bonds. The number of carbonyl (C=O) groups excluding carboxylic acids is 2. The van der Waals surface area contributed by atoms with Crippen LogP contribution in [0.3, 0.4) is 0 Å². The number of rotatable bonds is 10. The first-order valence-corrected chi connectivity index (χ1v) is 13.4. The van der Waals surface area contributed by atoms with E-state index in [1.165, 1.54) is 0 Å². The van der Waals surface area contributed by atoms with E-state index >= 15 is 0 Å². The van der Waals surface area contributed by atoms with Crippen molar-refractivity contribution in [1.82, 2.24) is 10.2 Å². The molecule has 7 heteroatoms. The van der Waals surface area contributed by atoms with E-state index in [2.05, 4.69) is 5.32 Å². The third-order valence-electron chi connectivity index (χ3n) is 6.73. The summed E-state index contributed by atoms with van der Waals surface area (Å²) in [5, 5.41) is 4.46. The third kappa shape index (κ3) is 7.73. The fourth-order valence-corrected chi connectivity index (χ4v) is 4.89. The van der Waals surface area contributed by atoms with E-state index in [9.17, 15) is 9.59 Å². The molecular weight excluding hydrogens is 507 g/mol. The summed E-state index contributed by atoms with van der Waals surface area (Å²) < 4.78 is 5.85. The van der Waals surface area contributed by atoms with Gasteiger partial charge in [-0.1, -0.05) is 78.5 Å². The predicted molar refractivity (Wildman–Crippen MR) is 148 cm³/mol. The minimum absolute atomic E-state index is 0.139. The summed E-state index contributed by atoms with van der Waals surface area (Å²) >= 11 is 12.2. The van der Waals surface area contributed by atoms with Gasteiger partial charge < -0.3 is 15.0 Å². The lowest BCUT2D eigenvalue weighted by atomic mass is 10.0. The van der Waals surface area contributed by atoms with Crippen LogP contribution in [-0.2, 0) is 22.6 Å². The average molecular weight is 540 g/mol. The number of ether oxygens (including phenoxy) is 1. The van der Waals surface area contributed by atoms with Crippen molar-refractivity contribution in [1.29, 1.82) is 0 Å². The molecule has 37 heavy (non-hydrogen) atoms. The Kier molecular flexibility index (Phi) is 9.48. The van der Waals surface area contributed by atoms with Gasteiger partial charge in [0.1, 0.15) is 11.8 Å². The van der Waals surface area contributed by atoms with Crippen molar-refractivity contribution in [2.45, 2.75) is 57.7 Å². The highest BCUT2D eigenvalue weighted by Crippen LogP contribution is 2.23. The Morgan fingerprint density at radius 3 is 2.35 bits per heavy atom. The van der Waals surface area contributed by atoms with E-state index in [0.29, 0.717) is 22.2 Å². The number of nitrogens with zero attached hydrogens (tertiary/aromatic N) is 1. The fraction of sp³-hybridized carbons (Fsp3) is 0.333. The molecule has 1 aliphatic carbocycles. The van der Waals surface area contributed by atoms with Gasteiger partial charge in [-0.15, -0.1) is 0 Å². The van der Waals surface area contributed by atoms with E-state index in [1.807, 2.05) is 49.4 Å². The summed E-state index contributed by atoms with van der Waals surface area (Å²) in [6, 6.07) is 21.8. The van der Waals surface area contributed by atoms with E-state index in [4.69, 9.17) is 27.9 Å². The van der Waals surface area contributed by atoms with Gasteiger partial charge in [0, 0.05) is 29.1 Å². The minimum Gasteiger partial charge on any atom is -0.484 e. The molecule has 0 radical (unpaired) electrons. The normalized spacial score (nSPS) is 14.2. The summed E-state index contributed by atoms with van der Waals surface area (Å²) in [5.74, 6) is 0.141. The zero-order chi connectivity index (χ0) is 26.2. The van der Waals surface area contributed by atoms with Crippen molar-refractivity contribution < 1.29 is 14.3 Å². The summed E-state index contributed by atoms with van der Waals surface area (Å²) in [7, 11) is 0. The number of benzene rings is 3. The molecule has 1 aliphatic rings. The predicted octanol–water partition coefficient (Wildman–Crippen LogP) is 6.38. The molecule has 0 spiro atoms. The number of aryl methyl sites for hydroxylation is 1. The van der Waals surface area contributed by atoms with E-state index in [1.54, 1.807) is 35.2 Å². The van der Waals surface area contributed by atoms with Gasteiger partial charge in [0.2, 0.25) is 5.91 Å². The molecule has 1 saturated carbocycles. The molecule has 1 fully saturated rings. The van der Waals surface area contributed by atoms with Crippen LogP contribution in [0.5, 0.6) is 5.75 Å². The highest BCUT2D eigenvalue weighted by Gasteiger charge is 2.32. The molecule has 0 aromatic heterocycles. The number of nitrogens with one attached hydrogen (secondary N) is 1. The van der Waals surface area contributed by atoms with Crippen LogP contribution in [0.25, 0.3) is 0 Å². The van der Waals surface area contributed by atoms with Gasteiger partial charge in [-0.05, 0) is 66.8 Å². The molecule has 1 atom stereocenters. The molecule has 0 heterocycles. The van der Waals surface area contributed by atoms with Crippen LogP contribution < -0.4 is 10.1 Å². The van der Waals surface area contributed by atoms with Crippen molar-refractivity contribution in [3.05, 3.63) is 99.5 Å². The minimum atomic E-state index is -0.693. The van der Waals surface area contributed by atoms with Gasteiger partial charge in [0.25, 0.3) is 5.91 Å². The molecule has 1 unspecified atom stereocenters.